The summed E-state index contributed by atoms with van der Waals surface area (Å²) in [6.45, 7) is 0. The number of hydrogen-bond donors (Lipinski definition) is 0. The Kier molecular flexibility index (Phi) is 2.46. The van der Waals surface area contributed by atoms with Crippen LogP contribution in [0.25, 0.3) is 5.65 Å². The Morgan fingerprint density at radius 3 is 2.73 bits per heavy atom. The Morgan fingerprint density at radius 1 is 1.40 bits per heavy atom. The van der Waals surface area contributed by atoms with Crippen molar-refractivity contribution in [3.05, 3.63) is 35.8 Å². The molecule has 0 unspecified atom stereocenters. The zero-order valence-electron chi connectivity index (χ0n) is 7.42. The highest BCUT2D eigenvalue weighted by atomic mass is 79.9. The molecule has 0 saturated carbocycles. The molecule has 2 aromatic rings. The minimum atomic E-state index is -4.36. The lowest BCUT2D eigenvalue weighted by atomic mass is 10.2. The van der Waals surface area contributed by atoms with E-state index in [1.807, 2.05) is 0 Å². The standard InChI is InChI=1S/C9H6BrF3N2/c10-4-6-5-15-3-1-2-7(8(15)14-6)9(11,12)13/h1-3,5H,4H2. The van der Waals surface area contributed by atoms with Gasteiger partial charge in [0.1, 0.15) is 5.65 Å². The lowest BCUT2D eigenvalue weighted by Gasteiger charge is -2.06. The summed E-state index contributed by atoms with van der Waals surface area (Å²) >= 11 is 3.15. The van der Waals surface area contributed by atoms with Crippen molar-refractivity contribution >= 4 is 21.6 Å². The van der Waals surface area contributed by atoms with Gasteiger partial charge < -0.3 is 4.40 Å². The molecule has 0 aliphatic heterocycles. The van der Waals surface area contributed by atoms with Crippen LogP contribution in [0, 0.1) is 0 Å². The zero-order valence-corrected chi connectivity index (χ0v) is 9.01. The number of imidazole rings is 1. The summed E-state index contributed by atoms with van der Waals surface area (Å²) in [7, 11) is 0. The van der Waals surface area contributed by atoms with Crippen molar-refractivity contribution in [2.24, 2.45) is 0 Å². The topological polar surface area (TPSA) is 17.3 Å². The van der Waals surface area contributed by atoms with Crippen LogP contribution in [0.1, 0.15) is 11.3 Å². The number of halogens is 4. The van der Waals surface area contributed by atoms with Crippen LogP contribution in [0.4, 0.5) is 13.2 Å². The van der Waals surface area contributed by atoms with Gasteiger partial charge >= 0.3 is 6.18 Å². The van der Waals surface area contributed by atoms with Crippen molar-refractivity contribution in [1.29, 1.82) is 0 Å². The predicted octanol–water partition coefficient (Wildman–Crippen LogP) is 3.25. The zero-order chi connectivity index (χ0) is 11.1. The Labute approximate surface area is 91.9 Å². The number of rotatable bonds is 1. The summed E-state index contributed by atoms with van der Waals surface area (Å²) in [5, 5.41) is 0.436. The molecule has 0 saturated heterocycles. The van der Waals surface area contributed by atoms with E-state index in [-0.39, 0.29) is 5.65 Å². The SMILES string of the molecule is FC(F)(F)c1cccn2cc(CBr)nc12. The largest absolute Gasteiger partial charge is 0.419 e. The molecule has 0 fully saturated rings. The molecule has 0 radical (unpaired) electrons. The second-order valence-corrected chi connectivity index (χ2v) is 3.58. The van der Waals surface area contributed by atoms with E-state index in [4.69, 9.17) is 0 Å². The Bertz CT molecular complexity index is 490. The molecule has 0 aromatic carbocycles. The predicted molar refractivity (Wildman–Crippen MR) is 52.8 cm³/mol. The lowest BCUT2D eigenvalue weighted by molar-refractivity contribution is -0.136. The highest BCUT2D eigenvalue weighted by molar-refractivity contribution is 9.08. The van der Waals surface area contributed by atoms with Crippen LogP contribution >= 0.6 is 15.9 Å². The first-order chi connectivity index (χ1) is 7.02. The summed E-state index contributed by atoms with van der Waals surface area (Å²) in [5.41, 5.74) is -0.191. The number of fused-ring (bicyclic) bond motifs is 1. The molecule has 2 nitrogen and oxygen atoms in total. The second-order valence-electron chi connectivity index (χ2n) is 3.02. The van der Waals surface area contributed by atoms with Crippen LogP contribution < -0.4 is 0 Å². The maximum absolute atomic E-state index is 12.6. The van der Waals surface area contributed by atoms with Crippen molar-refractivity contribution in [2.75, 3.05) is 0 Å². The first-order valence-corrected chi connectivity index (χ1v) is 5.24. The molecule has 0 bridgehead atoms. The average Bonchev–Trinajstić information content (AvgIpc) is 2.57. The van der Waals surface area contributed by atoms with E-state index in [1.54, 1.807) is 12.4 Å². The molecule has 80 valence electrons. The van der Waals surface area contributed by atoms with Gasteiger partial charge in [0, 0.05) is 17.7 Å². The highest BCUT2D eigenvalue weighted by Crippen LogP contribution is 2.31. The monoisotopic (exact) mass is 278 g/mol. The van der Waals surface area contributed by atoms with Gasteiger partial charge in [-0.05, 0) is 12.1 Å². The maximum atomic E-state index is 12.6. The highest BCUT2D eigenvalue weighted by Gasteiger charge is 2.33. The van der Waals surface area contributed by atoms with Gasteiger partial charge in [-0.3, -0.25) is 0 Å². The molecule has 0 atom stereocenters. The fraction of sp³-hybridized carbons (Fsp3) is 0.222. The summed E-state index contributed by atoms with van der Waals surface area (Å²) in [4.78, 5) is 3.89. The molecule has 2 aromatic heterocycles. The van der Waals surface area contributed by atoms with Crippen LogP contribution in [-0.2, 0) is 11.5 Å². The summed E-state index contributed by atoms with van der Waals surface area (Å²) in [6.07, 6.45) is -1.25. The van der Waals surface area contributed by atoms with Crippen LogP contribution in [-0.4, -0.2) is 9.38 Å². The number of hydrogen-bond acceptors (Lipinski definition) is 1. The van der Waals surface area contributed by atoms with Gasteiger partial charge in [-0.25, -0.2) is 4.98 Å². The van der Waals surface area contributed by atoms with Gasteiger partial charge in [0.25, 0.3) is 0 Å². The molecular weight excluding hydrogens is 273 g/mol. The molecular formula is C9H6BrF3N2. The molecule has 2 rings (SSSR count). The van der Waals surface area contributed by atoms with Crippen LogP contribution in [0.2, 0.25) is 0 Å². The van der Waals surface area contributed by atoms with Gasteiger partial charge in [0.15, 0.2) is 0 Å². The molecule has 0 aliphatic rings. The molecule has 0 spiro atoms. The van der Waals surface area contributed by atoms with Gasteiger partial charge in [0.05, 0.1) is 11.3 Å². The first kappa shape index (κ1) is 10.5. The number of pyridine rings is 1. The minimum absolute atomic E-state index is 0.0561. The minimum Gasteiger partial charge on any atom is -0.306 e. The van der Waals surface area contributed by atoms with E-state index in [2.05, 4.69) is 20.9 Å². The second kappa shape index (κ2) is 3.52. The molecule has 0 amide bonds. The van der Waals surface area contributed by atoms with Gasteiger partial charge in [-0.1, -0.05) is 15.9 Å². The number of alkyl halides is 4. The van der Waals surface area contributed by atoms with Crippen LogP contribution in [0.15, 0.2) is 24.5 Å². The fourth-order valence-electron chi connectivity index (χ4n) is 1.35. The van der Waals surface area contributed by atoms with Crippen molar-refractivity contribution in [3.63, 3.8) is 0 Å². The maximum Gasteiger partial charge on any atom is 0.419 e. The number of aromatic nitrogens is 2. The molecule has 0 aliphatic carbocycles. The van der Waals surface area contributed by atoms with Gasteiger partial charge in [-0.15, -0.1) is 0 Å². The Morgan fingerprint density at radius 2 is 2.13 bits per heavy atom. The van der Waals surface area contributed by atoms with Gasteiger partial charge in [-0.2, -0.15) is 13.2 Å². The summed E-state index contributed by atoms with van der Waals surface area (Å²) in [6, 6.07) is 2.38. The molecule has 0 N–H and O–H groups in total. The third-order valence-corrected chi connectivity index (χ3v) is 2.55. The average molecular weight is 279 g/mol. The van der Waals surface area contributed by atoms with Crippen LogP contribution in [0.3, 0.4) is 0 Å². The van der Waals surface area contributed by atoms with Gasteiger partial charge in [0.2, 0.25) is 0 Å². The van der Waals surface area contributed by atoms with Crippen LogP contribution in [0.5, 0.6) is 0 Å². The quantitative estimate of drug-likeness (QED) is 0.732. The van der Waals surface area contributed by atoms with Crippen molar-refractivity contribution in [3.8, 4) is 0 Å². The molecule has 15 heavy (non-hydrogen) atoms. The third-order valence-electron chi connectivity index (χ3n) is 1.97. The van der Waals surface area contributed by atoms with E-state index in [9.17, 15) is 13.2 Å². The van der Waals surface area contributed by atoms with Crippen molar-refractivity contribution in [1.82, 2.24) is 9.38 Å². The van der Waals surface area contributed by atoms with E-state index in [0.717, 1.165) is 6.07 Å². The van der Waals surface area contributed by atoms with Crippen molar-refractivity contribution in [2.45, 2.75) is 11.5 Å². The number of nitrogens with zero attached hydrogens (tertiary/aromatic N) is 2. The molecule has 2 heterocycles. The summed E-state index contributed by atoms with van der Waals surface area (Å²) < 4.78 is 39.1. The van der Waals surface area contributed by atoms with E-state index < -0.39 is 11.7 Å². The molecule has 6 heteroatoms. The van der Waals surface area contributed by atoms with E-state index in [1.165, 1.54) is 10.5 Å². The van der Waals surface area contributed by atoms with E-state index in [0.29, 0.717) is 11.0 Å². The fourth-order valence-corrected chi connectivity index (χ4v) is 1.62. The Balaban J connectivity index is 2.70. The normalized spacial score (nSPS) is 12.3. The smallest absolute Gasteiger partial charge is 0.306 e. The Hall–Kier alpha value is -1.04. The first-order valence-electron chi connectivity index (χ1n) is 4.12. The van der Waals surface area contributed by atoms with E-state index >= 15 is 0 Å². The third kappa shape index (κ3) is 1.86. The van der Waals surface area contributed by atoms with Crippen molar-refractivity contribution < 1.29 is 13.2 Å². The summed E-state index contributed by atoms with van der Waals surface area (Å²) in [5.74, 6) is 0. The lowest BCUT2D eigenvalue weighted by Crippen LogP contribution is -2.07.